The molecule has 1 aromatic rings. The molecule has 0 radical (unpaired) electrons. The Bertz CT molecular complexity index is 489. The molecule has 1 heterocycles. The molecular formula is C8H10ClN3O3S. The van der Waals surface area contributed by atoms with Gasteiger partial charge in [0.15, 0.2) is 0 Å². The zero-order chi connectivity index (χ0) is 12.2. The van der Waals surface area contributed by atoms with Crippen molar-refractivity contribution in [3.8, 4) is 0 Å². The third kappa shape index (κ3) is 4.13. The number of hydrogen-bond acceptors (Lipinski definition) is 4. The van der Waals surface area contributed by atoms with Crippen molar-refractivity contribution in [2.75, 3.05) is 12.3 Å². The van der Waals surface area contributed by atoms with Crippen molar-refractivity contribution in [1.82, 2.24) is 10.3 Å². The van der Waals surface area contributed by atoms with Gasteiger partial charge in [-0.15, -0.1) is 0 Å². The van der Waals surface area contributed by atoms with Gasteiger partial charge >= 0.3 is 0 Å². The van der Waals surface area contributed by atoms with Gasteiger partial charge in [0, 0.05) is 12.7 Å². The molecule has 0 atom stereocenters. The highest BCUT2D eigenvalue weighted by Crippen LogP contribution is 2.10. The first-order chi connectivity index (χ1) is 7.40. The number of halogens is 1. The molecule has 6 nitrogen and oxygen atoms in total. The second-order valence-corrected chi connectivity index (χ2v) is 5.06. The number of nitrogens with one attached hydrogen (secondary N) is 1. The summed E-state index contributed by atoms with van der Waals surface area (Å²) in [6.45, 7) is -0.0666. The highest BCUT2D eigenvalue weighted by Gasteiger charge is 2.11. The van der Waals surface area contributed by atoms with Gasteiger partial charge in [0.2, 0.25) is 10.0 Å². The fourth-order valence-corrected chi connectivity index (χ4v) is 1.55. The minimum atomic E-state index is -3.58. The van der Waals surface area contributed by atoms with E-state index in [0.29, 0.717) is 0 Å². The summed E-state index contributed by atoms with van der Waals surface area (Å²) < 4.78 is 21.2. The van der Waals surface area contributed by atoms with Crippen LogP contribution in [0.25, 0.3) is 0 Å². The standard InChI is InChI=1S/C8H10ClN3O3S/c9-7-6(2-1-3-11-7)8(13)12-4-5-16(10,14)15/h1-3H,4-5H2,(H,12,13)(H2,10,14,15). The molecule has 0 bridgehead atoms. The predicted molar refractivity (Wildman–Crippen MR) is 59.6 cm³/mol. The Labute approximate surface area is 97.9 Å². The van der Waals surface area contributed by atoms with E-state index in [0.717, 1.165) is 0 Å². The number of carbonyl (C=O) groups is 1. The number of rotatable bonds is 4. The Morgan fingerprint density at radius 1 is 1.56 bits per heavy atom. The maximum atomic E-state index is 11.5. The normalized spacial score (nSPS) is 11.1. The third-order valence-corrected chi connectivity index (χ3v) is 2.75. The number of carbonyl (C=O) groups excluding carboxylic acids is 1. The quantitative estimate of drug-likeness (QED) is 0.732. The van der Waals surface area contributed by atoms with E-state index in [1.807, 2.05) is 0 Å². The molecule has 0 aliphatic heterocycles. The number of nitrogens with zero attached hydrogens (tertiary/aromatic N) is 1. The van der Waals surface area contributed by atoms with Crippen molar-refractivity contribution in [1.29, 1.82) is 0 Å². The molecule has 16 heavy (non-hydrogen) atoms. The van der Waals surface area contributed by atoms with Gasteiger partial charge in [-0.1, -0.05) is 11.6 Å². The SMILES string of the molecule is NS(=O)(=O)CCNC(=O)c1cccnc1Cl. The molecule has 8 heteroatoms. The summed E-state index contributed by atoms with van der Waals surface area (Å²) in [4.78, 5) is 15.2. The van der Waals surface area contributed by atoms with Crippen LogP contribution in [-0.2, 0) is 10.0 Å². The molecule has 3 N–H and O–H groups in total. The van der Waals surface area contributed by atoms with Crippen LogP contribution in [-0.4, -0.2) is 31.6 Å². The maximum absolute atomic E-state index is 11.5. The average molecular weight is 264 g/mol. The summed E-state index contributed by atoms with van der Waals surface area (Å²) in [7, 11) is -3.58. The Hall–Kier alpha value is -1.18. The lowest BCUT2D eigenvalue weighted by molar-refractivity contribution is 0.0956. The van der Waals surface area contributed by atoms with Crippen molar-refractivity contribution in [2.45, 2.75) is 0 Å². The summed E-state index contributed by atoms with van der Waals surface area (Å²) in [5.74, 6) is -0.807. The molecule has 0 aromatic carbocycles. The fraction of sp³-hybridized carbons (Fsp3) is 0.250. The van der Waals surface area contributed by atoms with Crippen LogP contribution in [0.4, 0.5) is 0 Å². The Kier molecular flexibility index (Phi) is 4.22. The number of aromatic nitrogens is 1. The summed E-state index contributed by atoms with van der Waals surface area (Å²) in [5.41, 5.74) is 0.193. The lowest BCUT2D eigenvalue weighted by atomic mass is 10.3. The van der Waals surface area contributed by atoms with Crippen molar-refractivity contribution in [2.24, 2.45) is 5.14 Å². The van der Waals surface area contributed by atoms with Crippen molar-refractivity contribution in [3.63, 3.8) is 0 Å². The fourth-order valence-electron chi connectivity index (χ4n) is 0.957. The average Bonchev–Trinajstić information content (AvgIpc) is 2.16. The van der Waals surface area contributed by atoms with Crippen LogP contribution >= 0.6 is 11.6 Å². The number of primary sulfonamides is 1. The van der Waals surface area contributed by atoms with Gasteiger partial charge < -0.3 is 5.32 Å². The first-order valence-electron chi connectivity index (χ1n) is 4.29. The lowest BCUT2D eigenvalue weighted by Crippen LogP contribution is -2.31. The number of nitrogens with two attached hydrogens (primary N) is 1. The van der Waals surface area contributed by atoms with E-state index in [9.17, 15) is 13.2 Å². The summed E-state index contributed by atoms with van der Waals surface area (Å²) in [6, 6.07) is 3.04. The number of sulfonamides is 1. The minimum Gasteiger partial charge on any atom is -0.351 e. The van der Waals surface area contributed by atoms with E-state index in [1.165, 1.54) is 12.3 Å². The van der Waals surface area contributed by atoms with Gasteiger partial charge in [-0.25, -0.2) is 18.5 Å². The highest BCUT2D eigenvalue weighted by atomic mass is 35.5. The van der Waals surface area contributed by atoms with Crippen LogP contribution in [0.15, 0.2) is 18.3 Å². The van der Waals surface area contributed by atoms with Crippen LogP contribution in [0.2, 0.25) is 5.15 Å². The lowest BCUT2D eigenvalue weighted by Gasteiger charge is -2.04. The summed E-state index contributed by atoms with van der Waals surface area (Å²) in [5, 5.41) is 7.21. The maximum Gasteiger partial charge on any atom is 0.254 e. The molecule has 0 saturated heterocycles. The van der Waals surface area contributed by atoms with Crippen LogP contribution in [0.3, 0.4) is 0 Å². The third-order valence-electron chi connectivity index (χ3n) is 1.68. The molecule has 0 fully saturated rings. The monoisotopic (exact) mass is 263 g/mol. The number of pyridine rings is 1. The molecule has 0 saturated carbocycles. The van der Waals surface area contributed by atoms with Gasteiger partial charge in [0.25, 0.3) is 5.91 Å². The largest absolute Gasteiger partial charge is 0.351 e. The van der Waals surface area contributed by atoms with Crippen LogP contribution < -0.4 is 10.5 Å². The highest BCUT2D eigenvalue weighted by molar-refractivity contribution is 7.89. The van der Waals surface area contributed by atoms with Crippen LogP contribution in [0.5, 0.6) is 0 Å². The topological polar surface area (TPSA) is 102 Å². The predicted octanol–water partition coefficient (Wildman–Crippen LogP) is -0.247. The van der Waals surface area contributed by atoms with E-state index in [2.05, 4.69) is 10.3 Å². The van der Waals surface area contributed by atoms with Crippen molar-refractivity contribution in [3.05, 3.63) is 29.0 Å². The number of amides is 1. The molecular weight excluding hydrogens is 254 g/mol. The zero-order valence-corrected chi connectivity index (χ0v) is 9.75. The molecule has 88 valence electrons. The Morgan fingerprint density at radius 3 is 2.81 bits per heavy atom. The molecule has 1 aromatic heterocycles. The van der Waals surface area contributed by atoms with Crippen LogP contribution in [0, 0.1) is 0 Å². The minimum absolute atomic E-state index is 0.0654. The second kappa shape index (κ2) is 5.24. The van der Waals surface area contributed by atoms with Gasteiger partial charge in [-0.2, -0.15) is 0 Å². The van der Waals surface area contributed by atoms with Crippen LogP contribution in [0.1, 0.15) is 10.4 Å². The first kappa shape index (κ1) is 12.9. The van der Waals surface area contributed by atoms with Crippen molar-refractivity contribution >= 4 is 27.5 Å². The smallest absolute Gasteiger partial charge is 0.254 e. The molecule has 0 aliphatic rings. The molecule has 1 rings (SSSR count). The Morgan fingerprint density at radius 2 is 2.25 bits per heavy atom. The molecule has 0 unspecified atom stereocenters. The second-order valence-electron chi connectivity index (χ2n) is 2.96. The first-order valence-corrected chi connectivity index (χ1v) is 6.38. The van der Waals surface area contributed by atoms with Gasteiger partial charge in [0.1, 0.15) is 5.15 Å². The van der Waals surface area contributed by atoms with Gasteiger partial charge in [-0.05, 0) is 12.1 Å². The molecule has 1 amide bonds. The number of hydrogen-bond donors (Lipinski definition) is 2. The Balaban J connectivity index is 2.57. The van der Waals surface area contributed by atoms with E-state index in [1.54, 1.807) is 6.07 Å². The molecule has 0 aliphatic carbocycles. The van der Waals surface area contributed by atoms with E-state index >= 15 is 0 Å². The summed E-state index contributed by atoms with van der Waals surface area (Å²) in [6.07, 6.45) is 1.45. The summed E-state index contributed by atoms with van der Waals surface area (Å²) >= 11 is 5.67. The van der Waals surface area contributed by atoms with E-state index in [-0.39, 0.29) is 23.0 Å². The van der Waals surface area contributed by atoms with Crippen molar-refractivity contribution < 1.29 is 13.2 Å². The van der Waals surface area contributed by atoms with Gasteiger partial charge in [-0.3, -0.25) is 4.79 Å². The zero-order valence-electron chi connectivity index (χ0n) is 8.18. The molecule has 0 spiro atoms. The van der Waals surface area contributed by atoms with E-state index < -0.39 is 15.9 Å². The van der Waals surface area contributed by atoms with E-state index in [4.69, 9.17) is 16.7 Å². The van der Waals surface area contributed by atoms with Gasteiger partial charge in [0.05, 0.1) is 11.3 Å².